The van der Waals surface area contributed by atoms with E-state index >= 15 is 0 Å². The SMILES string of the molecule is CN(CCNC(=O)[C@H](CCCN=C(NC(=O)OC(C)(C)C)NC(=O)OC(C)(C)C)NC(=O)OC(C)(C)C)C(=O)Oc1ccc2c3c1OC1C(=O)CCC4[C@@H](C2)N(C)CC[C@]314. The lowest BCUT2D eigenvalue weighted by Crippen LogP contribution is -2.65. The Bertz CT molecular complexity index is 1830. The number of likely N-dealkylation sites (tertiary alicyclic amines) is 1. The van der Waals surface area contributed by atoms with E-state index in [1.807, 2.05) is 6.07 Å². The van der Waals surface area contributed by atoms with Gasteiger partial charge in [-0.05, 0) is 126 Å². The summed E-state index contributed by atoms with van der Waals surface area (Å²) in [4.78, 5) is 85.9. The largest absolute Gasteiger partial charge is 0.477 e. The monoisotopic (exact) mass is 841 g/mol. The molecule has 60 heavy (non-hydrogen) atoms. The van der Waals surface area contributed by atoms with Crippen molar-refractivity contribution in [3.05, 3.63) is 23.3 Å². The number of benzene rings is 1. The lowest BCUT2D eigenvalue weighted by molar-refractivity contribution is -0.138. The van der Waals surface area contributed by atoms with Crippen molar-refractivity contribution in [3.63, 3.8) is 0 Å². The molecule has 1 saturated heterocycles. The zero-order valence-corrected chi connectivity index (χ0v) is 36.9. The van der Waals surface area contributed by atoms with Crippen LogP contribution in [0.4, 0.5) is 19.2 Å². The van der Waals surface area contributed by atoms with Crippen LogP contribution in [0.5, 0.6) is 11.5 Å². The third-order valence-electron chi connectivity index (χ3n) is 10.8. The van der Waals surface area contributed by atoms with Crippen LogP contribution in [0.2, 0.25) is 0 Å². The van der Waals surface area contributed by atoms with Crippen LogP contribution in [0.1, 0.15) is 106 Å². The Morgan fingerprint density at radius 1 is 0.950 bits per heavy atom. The average molecular weight is 842 g/mol. The first kappa shape index (κ1) is 45.9. The number of ether oxygens (including phenoxy) is 5. The smallest absolute Gasteiger partial charge is 0.415 e. The molecule has 5 rings (SSSR count). The van der Waals surface area contributed by atoms with Crippen molar-refractivity contribution in [2.75, 3.05) is 40.3 Å². The third-order valence-corrected chi connectivity index (χ3v) is 10.8. The normalized spacial score (nSPS) is 22.2. The van der Waals surface area contributed by atoms with Crippen molar-refractivity contribution in [3.8, 4) is 11.5 Å². The summed E-state index contributed by atoms with van der Waals surface area (Å²) < 4.78 is 28.3. The number of nitrogens with zero attached hydrogens (tertiary/aromatic N) is 3. The average Bonchev–Trinajstić information content (AvgIpc) is 3.46. The highest BCUT2D eigenvalue weighted by molar-refractivity contribution is 6.01. The van der Waals surface area contributed by atoms with Crippen LogP contribution >= 0.6 is 0 Å². The van der Waals surface area contributed by atoms with Gasteiger partial charge < -0.3 is 44.1 Å². The summed E-state index contributed by atoms with van der Waals surface area (Å²) in [6, 6.07) is 2.97. The zero-order valence-electron chi connectivity index (χ0n) is 36.9. The molecule has 2 unspecified atom stereocenters. The van der Waals surface area contributed by atoms with Gasteiger partial charge in [0.05, 0.1) is 0 Å². The topological polar surface area (TPSA) is 216 Å². The molecule has 2 fully saturated rings. The maximum absolute atomic E-state index is 13.5. The highest BCUT2D eigenvalue weighted by Crippen LogP contribution is 2.63. The van der Waals surface area contributed by atoms with Crippen molar-refractivity contribution in [2.24, 2.45) is 10.9 Å². The molecule has 0 aromatic heterocycles. The van der Waals surface area contributed by atoms with Gasteiger partial charge in [-0.15, -0.1) is 0 Å². The van der Waals surface area contributed by atoms with Crippen molar-refractivity contribution < 1.29 is 52.5 Å². The summed E-state index contributed by atoms with van der Waals surface area (Å²) in [5.41, 5.74) is -0.748. The standard InChI is InChI=1S/C42H63N7O11/c1-39(2,3)58-35(52)45-26(13-12-19-44-34(46-36(53)59-40(4,5)6)47-37(54)60-41(7,8)9)33(51)43-20-22-49(11)38(55)56-29-17-14-24-23-27-25-15-16-28(50)32-42(25,18-21-48(27)10)30(24)31(29)57-32/h14,17,25-27,32H,12-13,15-16,18-23H2,1-11H3,(H,43,51)(H,45,52)(H2,44,46,47,53,54)/t25?,26-,27+,32?,42-/m0/s1. The van der Waals surface area contributed by atoms with Gasteiger partial charge in [-0.1, -0.05) is 6.07 Å². The number of hydrogen-bond donors (Lipinski definition) is 4. The first-order valence-electron chi connectivity index (χ1n) is 20.7. The Labute approximate surface area is 352 Å². The van der Waals surface area contributed by atoms with Gasteiger partial charge in [0, 0.05) is 50.1 Å². The van der Waals surface area contributed by atoms with Crippen LogP contribution in [-0.4, -0.2) is 127 Å². The molecule has 2 heterocycles. The molecule has 1 aromatic rings. The number of ketones is 1. The number of amides is 5. The number of carbonyl (C=O) groups is 6. The lowest BCUT2D eigenvalue weighted by Gasteiger charge is -2.57. The third kappa shape index (κ3) is 11.2. The maximum Gasteiger partial charge on any atom is 0.415 e. The Morgan fingerprint density at radius 3 is 2.18 bits per heavy atom. The summed E-state index contributed by atoms with van der Waals surface area (Å²) in [5.74, 6) is 0.342. The summed E-state index contributed by atoms with van der Waals surface area (Å²) in [6.07, 6.45) is -0.552. The Morgan fingerprint density at radius 2 is 1.57 bits per heavy atom. The molecule has 5 amide bonds. The first-order valence-corrected chi connectivity index (χ1v) is 20.7. The van der Waals surface area contributed by atoms with Crippen LogP contribution in [0.15, 0.2) is 17.1 Å². The summed E-state index contributed by atoms with van der Waals surface area (Å²) in [5, 5.41) is 10.2. The van der Waals surface area contributed by atoms with Crippen molar-refractivity contribution in [2.45, 2.75) is 141 Å². The molecule has 2 aliphatic heterocycles. The second-order valence-electron chi connectivity index (χ2n) is 19.0. The van der Waals surface area contributed by atoms with Gasteiger partial charge in [0.2, 0.25) is 11.9 Å². The molecule has 4 aliphatic rings. The molecule has 1 spiro atoms. The number of hydrogen-bond acceptors (Lipinski definition) is 13. The molecule has 5 atom stereocenters. The fourth-order valence-corrected chi connectivity index (χ4v) is 8.44. The molecular weight excluding hydrogens is 778 g/mol. The second-order valence-corrected chi connectivity index (χ2v) is 19.0. The van der Waals surface area contributed by atoms with Crippen LogP contribution in [-0.2, 0) is 35.6 Å². The molecule has 2 bridgehead atoms. The fraction of sp³-hybridized carbons (Fsp3) is 0.690. The molecule has 18 heteroatoms. The van der Waals surface area contributed by atoms with Gasteiger partial charge in [0.1, 0.15) is 22.8 Å². The molecule has 4 N–H and O–H groups in total. The van der Waals surface area contributed by atoms with Crippen LogP contribution in [0.3, 0.4) is 0 Å². The van der Waals surface area contributed by atoms with Gasteiger partial charge in [0.25, 0.3) is 0 Å². The molecule has 0 radical (unpaired) electrons. The molecule has 332 valence electrons. The Balaban J connectivity index is 1.20. The molecule has 1 aromatic carbocycles. The number of likely N-dealkylation sites (N-methyl/N-ethyl adjacent to an activating group) is 2. The minimum Gasteiger partial charge on any atom is -0.477 e. The van der Waals surface area contributed by atoms with Gasteiger partial charge >= 0.3 is 24.4 Å². The highest BCUT2D eigenvalue weighted by Gasteiger charge is 2.65. The van der Waals surface area contributed by atoms with E-state index in [0.717, 1.165) is 36.9 Å². The van der Waals surface area contributed by atoms with Crippen molar-refractivity contribution >= 4 is 42.0 Å². The number of rotatable bonds is 10. The Hall–Kier alpha value is -5.13. The van der Waals surface area contributed by atoms with Gasteiger partial charge in [0.15, 0.2) is 23.4 Å². The highest BCUT2D eigenvalue weighted by atomic mass is 16.6. The van der Waals surface area contributed by atoms with Crippen LogP contribution in [0.25, 0.3) is 0 Å². The zero-order chi connectivity index (χ0) is 44.4. The quantitative estimate of drug-likeness (QED) is 0.111. The van der Waals surface area contributed by atoms with Crippen molar-refractivity contribution in [1.29, 1.82) is 0 Å². The minimum absolute atomic E-state index is 0.0119. The fourth-order valence-electron chi connectivity index (χ4n) is 8.44. The Kier molecular flexibility index (Phi) is 13.7. The van der Waals surface area contributed by atoms with E-state index in [4.69, 9.17) is 23.7 Å². The first-order chi connectivity index (χ1) is 27.9. The molecule has 1 saturated carbocycles. The summed E-state index contributed by atoms with van der Waals surface area (Å²) in [7, 11) is 3.68. The number of Topliss-reactive ketones (excluding diaryl/α,β-unsaturated/α-hetero) is 1. The predicted molar refractivity (Wildman–Crippen MR) is 220 cm³/mol. The summed E-state index contributed by atoms with van der Waals surface area (Å²) >= 11 is 0. The van der Waals surface area contributed by atoms with E-state index in [2.05, 4.69) is 38.2 Å². The van der Waals surface area contributed by atoms with Crippen LogP contribution < -0.4 is 30.7 Å². The number of aliphatic imine (C=N–C) groups is 1. The predicted octanol–water partition coefficient (Wildman–Crippen LogP) is 4.55. The van der Waals surface area contributed by atoms with Gasteiger partial charge in [-0.3, -0.25) is 25.2 Å². The second kappa shape index (κ2) is 17.8. The van der Waals surface area contributed by atoms with E-state index in [1.54, 1.807) is 68.4 Å². The molecule has 2 aliphatic carbocycles. The van der Waals surface area contributed by atoms with E-state index in [1.165, 1.54) is 11.9 Å². The number of piperidine rings is 1. The van der Waals surface area contributed by atoms with E-state index in [-0.39, 0.29) is 55.9 Å². The van der Waals surface area contributed by atoms with Gasteiger partial charge in [-0.25, -0.2) is 19.2 Å². The number of nitrogens with one attached hydrogen (secondary N) is 4. The van der Waals surface area contributed by atoms with Crippen LogP contribution in [0, 0.1) is 5.92 Å². The van der Waals surface area contributed by atoms with Crippen molar-refractivity contribution in [1.82, 2.24) is 31.1 Å². The van der Waals surface area contributed by atoms with Gasteiger partial charge in [-0.2, -0.15) is 0 Å². The molecular formula is C42H63N7O11. The maximum atomic E-state index is 13.5. The van der Waals surface area contributed by atoms with E-state index in [9.17, 15) is 28.8 Å². The number of alkyl carbamates (subject to hydrolysis) is 3. The van der Waals surface area contributed by atoms with E-state index in [0.29, 0.717) is 18.2 Å². The number of guanidine groups is 1. The summed E-state index contributed by atoms with van der Waals surface area (Å²) in [6.45, 7) is 16.1. The van der Waals surface area contributed by atoms with E-state index < -0.39 is 64.6 Å². The molecule has 18 nitrogen and oxygen atoms in total. The lowest BCUT2D eigenvalue weighted by atomic mass is 9.52. The minimum atomic E-state index is -1.07. The number of carbonyl (C=O) groups excluding carboxylic acids is 6.